The van der Waals surface area contributed by atoms with Crippen LogP contribution in [-0.2, 0) is 10.2 Å². The Labute approximate surface area is 160 Å². The lowest BCUT2D eigenvalue weighted by atomic mass is 9.87. The van der Waals surface area contributed by atoms with Gasteiger partial charge in [0.1, 0.15) is 11.5 Å². The Morgan fingerprint density at radius 1 is 1.04 bits per heavy atom. The molecule has 0 unspecified atom stereocenters. The summed E-state index contributed by atoms with van der Waals surface area (Å²) in [5, 5.41) is 6.65. The highest BCUT2D eigenvalue weighted by Gasteiger charge is 2.16. The zero-order valence-corrected chi connectivity index (χ0v) is 16.2. The number of morpholine rings is 1. The summed E-state index contributed by atoms with van der Waals surface area (Å²) < 4.78 is 7.51. The van der Waals surface area contributed by atoms with Crippen molar-refractivity contribution < 1.29 is 4.74 Å². The van der Waals surface area contributed by atoms with E-state index in [0.717, 1.165) is 48.9 Å². The van der Waals surface area contributed by atoms with Crippen LogP contribution in [0.25, 0.3) is 16.9 Å². The number of aromatic nitrogens is 2. The van der Waals surface area contributed by atoms with Gasteiger partial charge in [0, 0.05) is 11.8 Å². The lowest BCUT2D eigenvalue weighted by Gasteiger charge is -2.23. The first-order valence-electron chi connectivity index (χ1n) is 9.47. The molecule has 27 heavy (non-hydrogen) atoms. The maximum absolute atomic E-state index is 5.38. The van der Waals surface area contributed by atoms with E-state index in [0.29, 0.717) is 0 Å². The second-order valence-electron chi connectivity index (χ2n) is 7.91. The van der Waals surface area contributed by atoms with Gasteiger partial charge >= 0.3 is 0 Å². The summed E-state index contributed by atoms with van der Waals surface area (Å²) >= 11 is 0. The molecule has 1 fully saturated rings. The number of pyridine rings is 1. The predicted octanol–water partition coefficient (Wildman–Crippen LogP) is 3.96. The summed E-state index contributed by atoms with van der Waals surface area (Å²) in [6.45, 7) is 9.79. The van der Waals surface area contributed by atoms with Gasteiger partial charge in [-0.1, -0.05) is 51.1 Å². The van der Waals surface area contributed by atoms with Crippen LogP contribution in [0.1, 0.15) is 32.0 Å². The quantitative estimate of drug-likeness (QED) is 0.662. The molecule has 4 rings (SSSR count). The molecule has 140 valence electrons. The van der Waals surface area contributed by atoms with Crippen molar-refractivity contribution in [1.29, 1.82) is 0 Å². The van der Waals surface area contributed by atoms with Crippen LogP contribution < -0.4 is 0 Å². The first-order chi connectivity index (χ1) is 13.0. The van der Waals surface area contributed by atoms with Gasteiger partial charge in [0.2, 0.25) is 0 Å². The second kappa shape index (κ2) is 7.16. The number of rotatable bonds is 3. The molecule has 1 saturated heterocycles. The molecule has 0 radical (unpaired) electrons. The summed E-state index contributed by atoms with van der Waals surface area (Å²) in [6.07, 6.45) is 3.93. The van der Waals surface area contributed by atoms with Gasteiger partial charge < -0.3 is 4.74 Å². The molecular weight excluding hydrogens is 336 g/mol. The third-order valence-electron chi connectivity index (χ3n) is 4.92. The molecule has 5 heteroatoms. The van der Waals surface area contributed by atoms with Gasteiger partial charge in [-0.25, -0.2) is 4.98 Å². The number of imidazole rings is 1. The highest BCUT2D eigenvalue weighted by Crippen LogP contribution is 2.27. The maximum atomic E-state index is 5.38. The van der Waals surface area contributed by atoms with Crippen LogP contribution >= 0.6 is 0 Å². The first-order valence-corrected chi connectivity index (χ1v) is 9.47. The Morgan fingerprint density at radius 2 is 1.78 bits per heavy atom. The van der Waals surface area contributed by atoms with Crippen molar-refractivity contribution in [3.8, 4) is 11.4 Å². The van der Waals surface area contributed by atoms with Crippen molar-refractivity contribution in [2.24, 2.45) is 5.10 Å². The number of benzene rings is 1. The molecule has 2 aromatic heterocycles. The fourth-order valence-corrected chi connectivity index (χ4v) is 3.29. The van der Waals surface area contributed by atoms with E-state index in [4.69, 9.17) is 9.72 Å². The van der Waals surface area contributed by atoms with Gasteiger partial charge in [-0.15, -0.1) is 0 Å². The van der Waals surface area contributed by atoms with Crippen LogP contribution in [0.3, 0.4) is 0 Å². The van der Waals surface area contributed by atoms with E-state index in [1.54, 1.807) is 0 Å². The minimum Gasteiger partial charge on any atom is -0.378 e. The topological polar surface area (TPSA) is 42.1 Å². The predicted molar refractivity (Wildman–Crippen MR) is 109 cm³/mol. The molecule has 0 spiro atoms. The third kappa shape index (κ3) is 3.74. The lowest BCUT2D eigenvalue weighted by Crippen LogP contribution is -2.32. The molecule has 3 heterocycles. The maximum Gasteiger partial charge on any atom is 0.145 e. The molecule has 3 aromatic rings. The summed E-state index contributed by atoms with van der Waals surface area (Å²) in [7, 11) is 0. The molecule has 0 aliphatic carbocycles. The number of nitrogens with zero attached hydrogens (tertiary/aromatic N) is 4. The number of hydrogen-bond donors (Lipinski definition) is 0. The summed E-state index contributed by atoms with van der Waals surface area (Å²) in [4.78, 5) is 4.89. The Hall–Kier alpha value is -2.66. The monoisotopic (exact) mass is 362 g/mol. The highest BCUT2D eigenvalue weighted by atomic mass is 16.5. The second-order valence-corrected chi connectivity index (χ2v) is 7.91. The smallest absolute Gasteiger partial charge is 0.145 e. The minimum absolute atomic E-state index is 0.142. The van der Waals surface area contributed by atoms with Crippen LogP contribution in [0.5, 0.6) is 0 Å². The van der Waals surface area contributed by atoms with E-state index in [9.17, 15) is 0 Å². The molecule has 1 aliphatic heterocycles. The van der Waals surface area contributed by atoms with Crippen molar-refractivity contribution in [2.75, 3.05) is 26.3 Å². The zero-order valence-electron chi connectivity index (χ0n) is 16.2. The molecule has 0 saturated carbocycles. The Balaban J connectivity index is 1.70. The molecular formula is C22H26N4O. The summed E-state index contributed by atoms with van der Waals surface area (Å²) in [5.74, 6) is 0.939. The Morgan fingerprint density at radius 3 is 2.48 bits per heavy atom. The average Bonchev–Trinajstić information content (AvgIpc) is 3.05. The van der Waals surface area contributed by atoms with Crippen LogP contribution in [0.15, 0.2) is 53.8 Å². The Kier molecular flexibility index (Phi) is 4.70. The van der Waals surface area contributed by atoms with Crippen molar-refractivity contribution >= 4 is 11.7 Å². The van der Waals surface area contributed by atoms with Crippen molar-refractivity contribution in [3.63, 3.8) is 0 Å². The molecule has 0 amide bonds. The number of fused-ring (bicyclic) bond motifs is 1. The fourth-order valence-electron chi connectivity index (χ4n) is 3.29. The minimum atomic E-state index is 0.142. The van der Waals surface area contributed by atoms with Crippen molar-refractivity contribution in [1.82, 2.24) is 14.4 Å². The summed E-state index contributed by atoms with van der Waals surface area (Å²) in [5.41, 5.74) is 4.52. The normalized spacial score (nSPS) is 15.7. The van der Waals surface area contributed by atoms with Gasteiger partial charge in [-0.2, -0.15) is 5.10 Å². The van der Waals surface area contributed by atoms with Gasteiger partial charge in [0.25, 0.3) is 0 Å². The zero-order chi connectivity index (χ0) is 18.9. The number of hydrogen-bond acceptors (Lipinski definition) is 4. The number of ether oxygens (including phenoxy) is 1. The van der Waals surface area contributed by atoms with Gasteiger partial charge in [0.05, 0.1) is 38.0 Å². The Bertz CT molecular complexity index is 945. The largest absolute Gasteiger partial charge is 0.378 e. The van der Waals surface area contributed by atoms with Gasteiger partial charge in [-0.05, 0) is 23.1 Å². The van der Waals surface area contributed by atoms with Gasteiger partial charge in [0.15, 0.2) is 0 Å². The fraction of sp³-hybridized carbons (Fsp3) is 0.364. The van der Waals surface area contributed by atoms with Crippen LogP contribution in [0, 0.1) is 0 Å². The van der Waals surface area contributed by atoms with E-state index in [2.05, 4.69) is 66.8 Å². The van der Waals surface area contributed by atoms with E-state index >= 15 is 0 Å². The van der Waals surface area contributed by atoms with Crippen LogP contribution in [-0.4, -0.2) is 46.9 Å². The van der Waals surface area contributed by atoms with E-state index in [1.807, 2.05) is 23.4 Å². The molecule has 1 aromatic carbocycles. The standard InChI is InChI=1S/C22H26N4O/c1-22(2,3)18-9-7-17(8-10-18)21-24-19(20-6-4-5-11-26(20)21)16-23-25-12-14-27-15-13-25/h4-11,16H,12-15H2,1-3H3. The van der Waals surface area contributed by atoms with E-state index < -0.39 is 0 Å². The average molecular weight is 362 g/mol. The van der Waals surface area contributed by atoms with Gasteiger partial charge in [-0.3, -0.25) is 9.41 Å². The first kappa shape index (κ1) is 17.7. The SMILES string of the molecule is CC(C)(C)c1ccc(-c2nc(C=NN3CCOCC3)c3ccccn23)cc1. The van der Waals surface area contributed by atoms with E-state index in [1.165, 1.54) is 5.56 Å². The molecule has 0 bridgehead atoms. The molecule has 5 nitrogen and oxygen atoms in total. The van der Waals surface area contributed by atoms with Crippen molar-refractivity contribution in [2.45, 2.75) is 26.2 Å². The third-order valence-corrected chi connectivity index (χ3v) is 4.92. The molecule has 0 atom stereocenters. The molecule has 0 N–H and O–H groups in total. The lowest BCUT2D eigenvalue weighted by molar-refractivity contribution is 0.0397. The number of hydrazone groups is 1. The molecule has 1 aliphatic rings. The van der Waals surface area contributed by atoms with Crippen LogP contribution in [0.4, 0.5) is 0 Å². The van der Waals surface area contributed by atoms with Crippen molar-refractivity contribution in [3.05, 3.63) is 59.9 Å². The highest BCUT2D eigenvalue weighted by molar-refractivity contribution is 5.89. The van der Waals surface area contributed by atoms with E-state index in [-0.39, 0.29) is 5.41 Å². The van der Waals surface area contributed by atoms with Crippen LogP contribution in [0.2, 0.25) is 0 Å². The summed E-state index contributed by atoms with van der Waals surface area (Å²) in [6, 6.07) is 14.9.